The Morgan fingerprint density at radius 3 is 2.59 bits per heavy atom. The van der Waals surface area contributed by atoms with Crippen molar-refractivity contribution in [1.29, 1.82) is 0 Å². The molecule has 2 aromatic carbocycles. The average Bonchev–Trinajstić information content (AvgIpc) is 2.68. The van der Waals surface area contributed by atoms with Crippen LogP contribution >= 0.6 is 0 Å². The maximum atomic E-state index is 12.8. The van der Waals surface area contributed by atoms with Gasteiger partial charge in [0.2, 0.25) is 0 Å². The average molecular weight is 368 g/mol. The highest BCUT2D eigenvalue weighted by Crippen LogP contribution is 2.32. The molecule has 6 heteroatoms. The molecule has 1 N–H and O–H groups in total. The number of rotatable bonds is 6. The Morgan fingerprint density at radius 2 is 1.89 bits per heavy atom. The summed E-state index contributed by atoms with van der Waals surface area (Å²) in [7, 11) is 3.09. The first-order valence-electron chi connectivity index (χ1n) is 8.46. The maximum absolute atomic E-state index is 12.8. The third-order valence-electron chi connectivity index (χ3n) is 4.39. The van der Waals surface area contributed by atoms with Crippen LogP contribution in [0, 0.1) is 0 Å². The van der Waals surface area contributed by atoms with Gasteiger partial charge in [0.05, 0.1) is 14.2 Å². The van der Waals surface area contributed by atoms with E-state index in [0.717, 1.165) is 23.3 Å². The van der Waals surface area contributed by atoms with Crippen LogP contribution in [0.4, 0.5) is 0 Å². The van der Waals surface area contributed by atoms with Gasteiger partial charge in [-0.25, -0.2) is 4.79 Å². The fourth-order valence-corrected chi connectivity index (χ4v) is 3.05. The molecule has 140 valence electrons. The molecule has 0 radical (unpaired) electrons. The van der Waals surface area contributed by atoms with Crippen LogP contribution < -0.4 is 14.2 Å². The summed E-state index contributed by atoms with van der Waals surface area (Å²) < 4.78 is 15.7. The molecule has 0 atom stereocenters. The molecule has 0 spiro atoms. The topological polar surface area (TPSA) is 82.1 Å². The Morgan fingerprint density at radius 1 is 1.07 bits per heavy atom. The van der Waals surface area contributed by atoms with Gasteiger partial charge in [-0.05, 0) is 60.4 Å². The molecule has 0 unspecified atom stereocenters. The van der Waals surface area contributed by atoms with E-state index in [4.69, 9.17) is 19.3 Å². The van der Waals surface area contributed by atoms with Crippen LogP contribution in [0.5, 0.6) is 17.2 Å². The van der Waals surface area contributed by atoms with Crippen molar-refractivity contribution in [2.24, 2.45) is 0 Å². The zero-order valence-corrected chi connectivity index (χ0v) is 15.2. The Bertz CT molecular complexity index is 913. The van der Waals surface area contributed by atoms with E-state index in [1.54, 1.807) is 37.4 Å². The third-order valence-corrected chi connectivity index (χ3v) is 4.39. The maximum Gasteiger partial charge on any atom is 0.341 e. The smallest absolute Gasteiger partial charge is 0.341 e. The van der Waals surface area contributed by atoms with Gasteiger partial charge >= 0.3 is 5.97 Å². The number of Topliss-reactive ketones (excluding diaryl/α,β-unsaturated/α-hetero) is 1. The number of aryl methyl sites for hydroxylation is 1. The Kier molecular flexibility index (Phi) is 5.45. The molecule has 0 aliphatic heterocycles. The third kappa shape index (κ3) is 4.11. The molecule has 0 heterocycles. The number of carbonyl (C=O) groups excluding carboxylic acids is 1. The van der Waals surface area contributed by atoms with Gasteiger partial charge in [0.25, 0.3) is 0 Å². The van der Waals surface area contributed by atoms with Gasteiger partial charge in [-0.3, -0.25) is 4.79 Å². The normalized spacial score (nSPS) is 14.6. The summed E-state index contributed by atoms with van der Waals surface area (Å²) in [6.45, 7) is -0.449. The molecule has 0 amide bonds. The van der Waals surface area contributed by atoms with Crippen LogP contribution in [-0.2, 0) is 11.2 Å². The van der Waals surface area contributed by atoms with Gasteiger partial charge in [0, 0.05) is 11.1 Å². The SMILES string of the molecule is COc1ccc2c(c1)CC/C(=C\c1ccc(OCC(=O)O)c(OC)c1)C2=O. The molecule has 0 saturated carbocycles. The number of carboxylic acids is 1. The predicted molar refractivity (Wildman–Crippen MR) is 99.7 cm³/mol. The van der Waals surface area contributed by atoms with Crippen molar-refractivity contribution in [2.75, 3.05) is 20.8 Å². The first kappa shape index (κ1) is 18.5. The van der Waals surface area contributed by atoms with Crippen molar-refractivity contribution >= 4 is 17.8 Å². The van der Waals surface area contributed by atoms with Crippen LogP contribution in [0.3, 0.4) is 0 Å². The number of benzene rings is 2. The molecule has 0 aromatic heterocycles. The summed E-state index contributed by atoms with van der Waals surface area (Å²) >= 11 is 0. The molecule has 6 nitrogen and oxygen atoms in total. The number of methoxy groups -OCH3 is 2. The Labute approximate surface area is 157 Å². The molecule has 27 heavy (non-hydrogen) atoms. The number of carbonyl (C=O) groups is 2. The van der Waals surface area contributed by atoms with Gasteiger partial charge in [0.1, 0.15) is 5.75 Å². The number of allylic oxidation sites excluding steroid dienone is 1. The Balaban J connectivity index is 1.86. The minimum absolute atomic E-state index is 0.00377. The number of hydrogen-bond donors (Lipinski definition) is 1. The largest absolute Gasteiger partial charge is 0.497 e. The number of ether oxygens (including phenoxy) is 3. The number of ketones is 1. The number of fused-ring (bicyclic) bond motifs is 1. The number of carboxylic acid groups (broad SMARTS) is 1. The van der Waals surface area contributed by atoms with Crippen LogP contribution in [0.2, 0.25) is 0 Å². The lowest BCUT2D eigenvalue weighted by Gasteiger charge is -2.18. The summed E-state index contributed by atoms with van der Waals surface area (Å²) in [4.78, 5) is 23.4. The Hall–Kier alpha value is -3.28. The molecule has 1 aliphatic rings. The second-order valence-electron chi connectivity index (χ2n) is 6.11. The quantitative estimate of drug-likeness (QED) is 0.787. The predicted octanol–water partition coefficient (Wildman–Crippen LogP) is 3.38. The minimum Gasteiger partial charge on any atom is -0.497 e. The van der Waals surface area contributed by atoms with Crippen molar-refractivity contribution < 1.29 is 28.9 Å². The lowest BCUT2D eigenvalue weighted by Crippen LogP contribution is -2.14. The molecule has 3 rings (SSSR count). The highest BCUT2D eigenvalue weighted by Gasteiger charge is 2.22. The second-order valence-corrected chi connectivity index (χ2v) is 6.11. The van der Waals surface area contributed by atoms with E-state index in [-0.39, 0.29) is 5.78 Å². The lowest BCUT2D eigenvalue weighted by atomic mass is 9.86. The van der Waals surface area contributed by atoms with Crippen molar-refractivity contribution in [2.45, 2.75) is 12.8 Å². The summed E-state index contributed by atoms with van der Waals surface area (Å²) in [5.74, 6) is 0.444. The van der Waals surface area contributed by atoms with E-state index in [2.05, 4.69) is 0 Å². The number of aliphatic carboxylic acids is 1. The summed E-state index contributed by atoms with van der Waals surface area (Å²) in [5, 5.41) is 8.73. The van der Waals surface area contributed by atoms with Gasteiger partial charge in [-0.1, -0.05) is 6.07 Å². The van der Waals surface area contributed by atoms with E-state index in [1.807, 2.05) is 12.1 Å². The van der Waals surface area contributed by atoms with Gasteiger partial charge in [-0.15, -0.1) is 0 Å². The fraction of sp³-hybridized carbons (Fsp3) is 0.238. The van der Waals surface area contributed by atoms with Crippen molar-refractivity contribution in [3.63, 3.8) is 0 Å². The van der Waals surface area contributed by atoms with E-state index >= 15 is 0 Å². The fourth-order valence-electron chi connectivity index (χ4n) is 3.05. The van der Waals surface area contributed by atoms with Crippen LogP contribution in [0.1, 0.15) is 27.9 Å². The van der Waals surface area contributed by atoms with Crippen molar-refractivity contribution in [3.8, 4) is 17.2 Å². The summed E-state index contributed by atoms with van der Waals surface area (Å²) in [6.07, 6.45) is 3.23. The van der Waals surface area contributed by atoms with Gasteiger partial charge in [-0.2, -0.15) is 0 Å². The first-order chi connectivity index (χ1) is 13.0. The molecular formula is C21H20O6. The highest BCUT2D eigenvalue weighted by atomic mass is 16.5. The van der Waals surface area contributed by atoms with E-state index < -0.39 is 12.6 Å². The van der Waals surface area contributed by atoms with Crippen LogP contribution in [0.15, 0.2) is 42.0 Å². The van der Waals surface area contributed by atoms with Gasteiger partial charge < -0.3 is 19.3 Å². The minimum atomic E-state index is -1.06. The van der Waals surface area contributed by atoms with Crippen molar-refractivity contribution in [3.05, 3.63) is 58.7 Å². The zero-order valence-electron chi connectivity index (χ0n) is 15.2. The zero-order chi connectivity index (χ0) is 19.4. The molecule has 1 aliphatic carbocycles. The summed E-state index contributed by atoms with van der Waals surface area (Å²) in [5.41, 5.74) is 3.19. The standard InChI is InChI=1S/C21H20O6/c1-25-16-6-7-17-14(11-16)4-5-15(21(17)24)9-13-3-8-18(19(10-13)26-2)27-12-20(22)23/h3,6-11H,4-5,12H2,1-2H3,(H,22,23)/b15-9+. The lowest BCUT2D eigenvalue weighted by molar-refractivity contribution is -0.139. The number of hydrogen-bond acceptors (Lipinski definition) is 5. The second kappa shape index (κ2) is 7.95. The van der Waals surface area contributed by atoms with E-state index in [9.17, 15) is 9.59 Å². The monoisotopic (exact) mass is 368 g/mol. The summed E-state index contributed by atoms with van der Waals surface area (Å²) in [6, 6.07) is 10.6. The molecule has 2 aromatic rings. The van der Waals surface area contributed by atoms with Crippen LogP contribution in [0.25, 0.3) is 6.08 Å². The van der Waals surface area contributed by atoms with Crippen LogP contribution in [-0.4, -0.2) is 37.7 Å². The molecule has 0 saturated heterocycles. The highest BCUT2D eigenvalue weighted by molar-refractivity contribution is 6.13. The van der Waals surface area contributed by atoms with E-state index in [0.29, 0.717) is 29.1 Å². The molecule has 0 fully saturated rings. The molecular weight excluding hydrogens is 348 g/mol. The van der Waals surface area contributed by atoms with E-state index in [1.165, 1.54) is 7.11 Å². The first-order valence-corrected chi connectivity index (χ1v) is 8.46. The molecule has 0 bridgehead atoms. The van der Waals surface area contributed by atoms with Gasteiger partial charge in [0.15, 0.2) is 23.9 Å². The van der Waals surface area contributed by atoms with Crippen molar-refractivity contribution in [1.82, 2.24) is 0 Å².